The maximum absolute atomic E-state index is 12.5. The summed E-state index contributed by atoms with van der Waals surface area (Å²) in [6.07, 6.45) is 1.77. The smallest absolute Gasteiger partial charge is 0.265 e. The summed E-state index contributed by atoms with van der Waals surface area (Å²) >= 11 is 1.13. The fourth-order valence-electron chi connectivity index (χ4n) is 2.52. The Morgan fingerprint density at radius 2 is 1.88 bits per heavy atom. The standard InChI is InChI=1S/C16H18N2O4S2/c1-22-13-6-4-12(5-7-13)17-16(19)15-10-14(11-23-15)24(20,21)18-8-2-3-9-18/h4-7,10-11H,2-3,8-9H2,1H3,(H,17,19). The quantitative estimate of drug-likeness (QED) is 0.883. The molecule has 2 heterocycles. The van der Waals surface area contributed by atoms with Crippen LogP contribution in [0.25, 0.3) is 0 Å². The third-order valence-electron chi connectivity index (χ3n) is 3.85. The summed E-state index contributed by atoms with van der Waals surface area (Å²) in [7, 11) is -1.92. The highest BCUT2D eigenvalue weighted by Gasteiger charge is 2.28. The summed E-state index contributed by atoms with van der Waals surface area (Å²) in [6.45, 7) is 1.09. The van der Waals surface area contributed by atoms with Crippen molar-refractivity contribution >= 4 is 33.0 Å². The van der Waals surface area contributed by atoms with Crippen molar-refractivity contribution in [2.75, 3.05) is 25.5 Å². The number of nitrogens with zero attached hydrogens (tertiary/aromatic N) is 1. The van der Waals surface area contributed by atoms with Gasteiger partial charge >= 0.3 is 0 Å². The molecule has 0 unspecified atom stereocenters. The van der Waals surface area contributed by atoms with Crippen LogP contribution in [0.4, 0.5) is 5.69 Å². The molecule has 1 fully saturated rings. The molecule has 0 radical (unpaired) electrons. The molecule has 24 heavy (non-hydrogen) atoms. The van der Waals surface area contributed by atoms with Crippen LogP contribution in [0.2, 0.25) is 0 Å². The van der Waals surface area contributed by atoms with Crippen molar-refractivity contribution < 1.29 is 17.9 Å². The first-order valence-electron chi connectivity index (χ1n) is 7.55. The summed E-state index contributed by atoms with van der Waals surface area (Å²) in [4.78, 5) is 12.8. The van der Waals surface area contributed by atoms with Gasteiger partial charge in [-0.05, 0) is 43.2 Å². The minimum absolute atomic E-state index is 0.189. The average molecular weight is 366 g/mol. The van der Waals surface area contributed by atoms with Crippen LogP contribution in [0.5, 0.6) is 5.75 Å². The lowest BCUT2D eigenvalue weighted by Crippen LogP contribution is -2.27. The molecular formula is C16H18N2O4S2. The molecule has 2 aromatic rings. The number of carbonyl (C=O) groups excluding carboxylic acids is 1. The molecule has 0 bridgehead atoms. The van der Waals surface area contributed by atoms with Crippen LogP contribution in [0, 0.1) is 0 Å². The highest BCUT2D eigenvalue weighted by atomic mass is 32.2. The minimum atomic E-state index is -3.49. The summed E-state index contributed by atoms with van der Waals surface area (Å²) in [6, 6.07) is 8.39. The second kappa shape index (κ2) is 6.92. The van der Waals surface area contributed by atoms with Crippen LogP contribution in [-0.2, 0) is 10.0 Å². The van der Waals surface area contributed by atoms with Gasteiger partial charge in [0.15, 0.2) is 0 Å². The first kappa shape index (κ1) is 16.9. The van der Waals surface area contributed by atoms with Gasteiger partial charge in [-0.1, -0.05) is 0 Å². The number of nitrogens with one attached hydrogen (secondary N) is 1. The Morgan fingerprint density at radius 1 is 1.21 bits per heavy atom. The number of sulfonamides is 1. The average Bonchev–Trinajstić information content (AvgIpc) is 3.27. The van der Waals surface area contributed by atoms with E-state index in [1.165, 1.54) is 15.8 Å². The molecule has 0 saturated carbocycles. The van der Waals surface area contributed by atoms with Crippen molar-refractivity contribution in [1.82, 2.24) is 4.31 Å². The Bertz CT molecular complexity index is 822. The van der Waals surface area contributed by atoms with E-state index in [2.05, 4.69) is 5.32 Å². The van der Waals surface area contributed by atoms with Crippen LogP contribution < -0.4 is 10.1 Å². The second-order valence-corrected chi connectivity index (χ2v) is 8.29. The molecular weight excluding hydrogens is 348 g/mol. The van der Waals surface area contributed by atoms with Gasteiger partial charge < -0.3 is 10.1 Å². The summed E-state index contributed by atoms with van der Waals surface area (Å²) < 4.78 is 31.5. The fraction of sp³-hybridized carbons (Fsp3) is 0.312. The minimum Gasteiger partial charge on any atom is -0.497 e. The highest BCUT2D eigenvalue weighted by Crippen LogP contribution is 2.26. The van der Waals surface area contributed by atoms with Crippen molar-refractivity contribution in [1.29, 1.82) is 0 Å². The zero-order chi connectivity index (χ0) is 17.2. The lowest BCUT2D eigenvalue weighted by atomic mass is 10.3. The Labute approximate surface area is 145 Å². The third kappa shape index (κ3) is 3.45. The predicted molar refractivity (Wildman–Crippen MR) is 93.3 cm³/mol. The van der Waals surface area contributed by atoms with Gasteiger partial charge in [-0.3, -0.25) is 4.79 Å². The third-order valence-corrected chi connectivity index (χ3v) is 6.80. The van der Waals surface area contributed by atoms with Gasteiger partial charge in [-0.2, -0.15) is 4.31 Å². The summed E-state index contributed by atoms with van der Waals surface area (Å²) in [5.41, 5.74) is 0.623. The van der Waals surface area contributed by atoms with E-state index in [4.69, 9.17) is 4.74 Å². The van der Waals surface area contributed by atoms with Gasteiger partial charge in [0.2, 0.25) is 10.0 Å². The number of hydrogen-bond donors (Lipinski definition) is 1. The molecule has 0 spiro atoms. The molecule has 1 aliphatic rings. The highest BCUT2D eigenvalue weighted by molar-refractivity contribution is 7.89. The molecule has 0 atom stereocenters. The molecule has 1 aromatic carbocycles. The van der Waals surface area contributed by atoms with E-state index >= 15 is 0 Å². The van der Waals surface area contributed by atoms with E-state index in [0.29, 0.717) is 29.4 Å². The Morgan fingerprint density at radius 3 is 2.50 bits per heavy atom. The maximum Gasteiger partial charge on any atom is 0.265 e. The number of thiophene rings is 1. The van der Waals surface area contributed by atoms with Gasteiger partial charge in [-0.15, -0.1) is 11.3 Å². The number of amides is 1. The van der Waals surface area contributed by atoms with E-state index < -0.39 is 10.0 Å². The van der Waals surface area contributed by atoms with Crippen LogP contribution in [0.1, 0.15) is 22.5 Å². The van der Waals surface area contributed by atoms with Gasteiger partial charge in [-0.25, -0.2) is 8.42 Å². The molecule has 1 amide bonds. The van der Waals surface area contributed by atoms with E-state index in [-0.39, 0.29) is 10.8 Å². The number of anilines is 1. The Hall–Kier alpha value is -1.90. The molecule has 128 valence electrons. The van der Waals surface area contributed by atoms with E-state index in [9.17, 15) is 13.2 Å². The first-order valence-corrected chi connectivity index (χ1v) is 9.87. The predicted octanol–water partition coefficient (Wildman–Crippen LogP) is 2.79. The molecule has 6 nitrogen and oxygen atoms in total. The van der Waals surface area contributed by atoms with Crippen LogP contribution in [-0.4, -0.2) is 38.8 Å². The molecule has 1 aliphatic heterocycles. The van der Waals surface area contributed by atoms with Crippen LogP contribution in [0.15, 0.2) is 40.6 Å². The topological polar surface area (TPSA) is 75.7 Å². The van der Waals surface area contributed by atoms with Crippen LogP contribution >= 0.6 is 11.3 Å². The number of ether oxygens (including phenoxy) is 1. The normalized spacial score (nSPS) is 15.4. The van der Waals surface area contributed by atoms with Crippen molar-refractivity contribution in [3.05, 3.63) is 40.6 Å². The lowest BCUT2D eigenvalue weighted by Gasteiger charge is -2.13. The van der Waals surface area contributed by atoms with Gasteiger partial charge in [0.05, 0.1) is 16.9 Å². The van der Waals surface area contributed by atoms with Crippen molar-refractivity contribution in [2.24, 2.45) is 0 Å². The van der Waals surface area contributed by atoms with Crippen molar-refractivity contribution in [3.8, 4) is 5.75 Å². The zero-order valence-corrected chi connectivity index (χ0v) is 14.8. The molecule has 1 aromatic heterocycles. The summed E-state index contributed by atoms with van der Waals surface area (Å²) in [5.74, 6) is 0.371. The zero-order valence-electron chi connectivity index (χ0n) is 13.2. The van der Waals surface area contributed by atoms with E-state index in [1.807, 2.05) is 0 Å². The number of carbonyl (C=O) groups is 1. The molecule has 3 rings (SSSR count). The van der Waals surface area contributed by atoms with Crippen molar-refractivity contribution in [3.63, 3.8) is 0 Å². The molecule has 1 N–H and O–H groups in total. The second-order valence-electron chi connectivity index (χ2n) is 5.44. The Kier molecular flexibility index (Phi) is 4.88. The lowest BCUT2D eigenvalue weighted by molar-refractivity contribution is 0.103. The van der Waals surface area contributed by atoms with E-state index in [0.717, 1.165) is 24.2 Å². The van der Waals surface area contributed by atoms with Crippen LogP contribution in [0.3, 0.4) is 0 Å². The molecule has 8 heteroatoms. The number of rotatable bonds is 5. The monoisotopic (exact) mass is 366 g/mol. The van der Waals surface area contributed by atoms with Gasteiger partial charge in [0, 0.05) is 24.2 Å². The van der Waals surface area contributed by atoms with Gasteiger partial charge in [0.1, 0.15) is 5.75 Å². The Balaban J connectivity index is 1.73. The van der Waals surface area contributed by atoms with E-state index in [1.54, 1.807) is 31.4 Å². The maximum atomic E-state index is 12.5. The first-order chi connectivity index (χ1) is 11.5. The van der Waals surface area contributed by atoms with Crippen molar-refractivity contribution in [2.45, 2.75) is 17.7 Å². The number of hydrogen-bond acceptors (Lipinski definition) is 5. The molecule has 0 aliphatic carbocycles. The molecule has 1 saturated heterocycles. The summed E-state index contributed by atoms with van der Waals surface area (Å²) in [5, 5.41) is 4.28. The number of benzene rings is 1. The SMILES string of the molecule is COc1ccc(NC(=O)c2cc(S(=O)(=O)N3CCCC3)cs2)cc1. The number of methoxy groups -OCH3 is 1. The largest absolute Gasteiger partial charge is 0.497 e. The van der Waals surface area contributed by atoms with Gasteiger partial charge in [0.25, 0.3) is 5.91 Å². The fourth-order valence-corrected chi connectivity index (χ4v) is 5.19.